The van der Waals surface area contributed by atoms with Crippen molar-refractivity contribution in [2.24, 2.45) is 5.92 Å². The van der Waals surface area contributed by atoms with Crippen LogP contribution in [-0.4, -0.2) is 30.7 Å². The van der Waals surface area contributed by atoms with Crippen molar-refractivity contribution in [3.05, 3.63) is 21.3 Å². The van der Waals surface area contributed by atoms with Gasteiger partial charge in [0.1, 0.15) is 4.60 Å². The van der Waals surface area contributed by atoms with Crippen molar-refractivity contribution in [3.8, 4) is 0 Å². The lowest BCUT2D eigenvalue weighted by molar-refractivity contribution is 0.104. The van der Waals surface area contributed by atoms with Crippen molar-refractivity contribution in [3.63, 3.8) is 0 Å². The van der Waals surface area contributed by atoms with Crippen LogP contribution < -0.4 is 5.69 Å². The van der Waals surface area contributed by atoms with Gasteiger partial charge in [-0.25, -0.2) is 14.8 Å². The Balaban J connectivity index is 1.90. The second-order valence-electron chi connectivity index (χ2n) is 5.08. The van der Waals surface area contributed by atoms with Crippen LogP contribution in [0.1, 0.15) is 25.7 Å². The Labute approximate surface area is 118 Å². The van der Waals surface area contributed by atoms with E-state index in [1.54, 1.807) is 10.8 Å². The lowest BCUT2D eigenvalue weighted by Gasteiger charge is -2.25. The number of aliphatic hydroxyl groups excluding tert-OH is 1. The molecule has 0 saturated heterocycles. The molecule has 2 N–H and O–H groups in total. The minimum atomic E-state index is -0.176. The van der Waals surface area contributed by atoms with Gasteiger partial charge in [-0.3, -0.25) is 9.55 Å². The molecule has 102 valence electrons. The highest BCUT2D eigenvalue weighted by Crippen LogP contribution is 2.25. The highest BCUT2D eigenvalue weighted by atomic mass is 79.9. The minimum absolute atomic E-state index is 0.167. The number of hydrogen-bond donors (Lipinski definition) is 2. The third-order valence-electron chi connectivity index (χ3n) is 3.71. The number of nitrogens with one attached hydrogen (secondary N) is 1. The number of rotatable bonds is 2. The van der Waals surface area contributed by atoms with Crippen molar-refractivity contribution in [1.82, 2.24) is 19.5 Å². The van der Waals surface area contributed by atoms with Crippen molar-refractivity contribution < 1.29 is 5.11 Å². The fraction of sp³-hybridized carbons (Fsp3) is 0.583. The quantitative estimate of drug-likeness (QED) is 0.874. The van der Waals surface area contributed by atoms with E-state index < -0.39 is 0 Å². The van der Waals surface area contributed by atoms with E-state index in [-0.39, 0.29) is 11.8 Å². The van der Waals surface area contributed by atoms with Crippen LogP contribution in [0.4, 0.5) is 0 Å². The first-order valence-electron chi connectivity index (χ1n) is 6.42. The summed E-state index contributed by atoms with van der Waals surface area (Å²) in [6.07, 6.45) is 4.92. The summed E-state index contributed by atoms with van der Waals surface area (Å²) >= 11 is 3.27. The summed E-state index contributed by atoms with van der Waals surface area (Å²) in [6, 6.07) is 0. The van der Waals surface area contributed by atoms with Gasteiger partial charge in [-0.2, -0.15) is 0 Å². The van der Waals surface area contributed by atoms with E-state index >= 15 is 0 Å². The molecule has 1 aliphatic rings. The first kappa shape index (κ1) is 12.8. The summed E-state index contributed by atoms with van der Waals surface area (Å²) in [5, 5.41) is 9.51. The predicted molar refractivity (Wildman–Crippen MR) is 73.8 cm³/mol. The number of aromatic nitrogens is 4. The van der Waals surface area contributed by atoms with Gasteiger partial charge in [-0.05, 0) is 47.5 Å². The Morgan fingerprint density at radius 1 is 1.42 bits per heavy atom. The summed E-state index contributed by atoms with van der Waals surface area (Å²) < 4.78 is 2.27. The van der Waals surface area contributed by atoms with E-state index in [2.05, 4.69) is 30.9 Å². The lowest BCUT2D eigenvalue weighted by Crippen LogP contribution is -2.26. The van der Waals surface area contributed by atoms with Crippen molar-refractivity contribution in [1.29, 1.82) is 0 Å². The van der Waals surface area contributed by atoms with Gasteiger partial charge in [-0.1, -0.05) is 0 Å². The normalized spacial score (nSPS) is 23.9. The second-order valence-corrected chi connectivity index (χ2v) is 5.89. The maximum Gasteiger partial charge on any atom is 0.328 e. The first-order chi connectivity index (χ1) is 9.13. The molecule has 2 aromatic heterocycles. The number of aromatic amines is 1. The second kappa shape index (κ2) is 5.05. The average molecular weight is 327 g/mol. The Kier molecular flexibility index (Phi) is 3.40. The van der Waals surface area contributed by atoms with Crippen LogP contribution in [0, 0.1) is 5.92 Å². The van der Waals surface area contributed by atoms with Gasteiger partial charge in [-0.15, -0.1) is 0 Å². The lowest BCUT2D eigenvalue weighted by atomic mass is 9.87. The molecule has 1 saturated carbocycles. The molecule has 0 amide bonds. The van der Waals surface area contributed by atoms with E-state index in [0.29, 0.717) is 28.4 Å². The Bertz CT molecular complexity index is 643. The zero-order valence-corrected chi connectivity index (χ0v) is 11.9. The van der Waals surface area contributed by atoms with Gasteiger partial charge >= 0.3 is 5.69 Å². The van der Waals surface area contributed by atoms with Crippen LogP contribution in [0.25, 0.3) is 11.3 Å². The molecule has 0 radical (unpaired) electrons. The zero-order valence-electron chi connectivity index (χ0n) is 10.3. The summed E-state index contributed by atoms with van der Waals surface area (Å²) in [5.74, 6) is 0.417. The summed E-state index contributed by atoms with van der Waals surface area (Å²) in [4.78, 5) is 23.1. The third kappa shape index (κ3) is 2.57. The van der Waals surface area contributed by atoms with Crippen LogP contribution >= 0.6 is 15.9 Å². The number of halogens is 1. The van der Waals surface area contributed by atoms with Gasteiger partial charge in [0, 0.05) is 6.54 Å². The molecule has 1 fully saturated rings. The standard InChI is InChI=1S/C12H15BrN4O2/c13-9-5-14-10-11(15-9)17(12(19)16-10)6-7-1-3-8(18)4-2-7/h5,7-8,18H,1-4,6H2,(H,14,16,19). The van der Waals surface area contributed by atoms with Crippen molar-refractivity contribution in [2.45, 2.75) is 38.3 Å². The van der Waals surface area contributed by atoms with Crippen LogP contribution in [0.5, 0.6) is 0 Å². The Morgan fingerprint density at radius 2 is 2.16 bits per heavy atom. The molecule has 0 aliphatic heterocycles. The first-order valence-corrected chi connectivity index (χ1v) is 7.22. The molecular weight excluding hydrogens is 312 g/mol. The summed E-state index contributed by atoms with van der Waals surface area (Å²) in [6.45, 7) is 0.636. The Morgan fingerprint density at radius 3 is 2.89 bits per heavy atom. The summed E-state index contributed by atoms with van der Waals surface area (Å²) in [7, 11) is 0. The molecule has 0 bridgehead atoms. The number of hydrogen-bond acceptors (Lipinski definition) is 4. The van der Waals surface area contributed by atoms with Gasteiger partial charge in [0.2, 0.25) is 0 Å². The van der Waals surface area contributed by atoms with Crippen molar-refractivity contribution in [2.75, 3.05) is 0 Å². The van der Waals surface area contributed by atoms with Crippen LogP contribution in [0.3, 0.4) is 0 Å². The number of nitrogens with zero attached hydrogens (tertiary/aromatic N) is 3. The van der Waals surface area contributed by atoms with E-state index in [4.69, 9.17) is 0 Å². The van der Waals surface area contributed by atoms with E-state index in [9.17, 15) is 9.90 Å². The third-order valence-corrected chi connectivity index (χ3v) is 4.09. The average Bonchev–Trinajstić information content (AvgIpc) is 2.69. The highest BCUT2D eigenvalue weighted by molar-refractivity contribution is 9.10. The highest BCUT2D eigenvalue weighted by Gasteiger charge is 2.21. The molecule has 0 atom stereocenters. The van der Waals surface area contributed by atoms with Gasteiger partial charge in [0.05, 0.1) is 12.3 Å². The molecule has 7 heteroatoms. The van der Waals surface area contributed by atoms with Crippen molar-refractivity contribution >= 4 is 27.2 Å². The van der Waals surface area contributed by atoms with Gasteiger partial charge < -0.3 is 5.11 Å². The number of aliphatic hydroxyl groups is 1. The monoisotopic (exact) mass is 326 g/mol. The number of imidazole rings is 1. The molecule has 19 heavy (non-hydrogen) atoms. The maximum atomic E-state index is 12.0. The van der Waals surface area contributed by atoms with Gasteiger partial charge in [0.15, 0.2) is 11.3 Å². The van der Waals surface area contributed by atoms with Crippen LogP contribution in [0.15, 0.2) is 15.6 Å². The largest absolute Gasteiger partial charge is 0.393 e. The molecule has 2 aromatic rings. The predicted octanol–water partition coefficient (Wildman–Crippen LogP) is 1.43. The smallest absolute Gasteiger partial charge is 0.328 e. The molecule has 0 aromatic carbocycles. The zero-order chi connectivity index (χ0) is 13.4. The summed E-state index contributed by atoms with van der Waals surface area (Å²) in [5.41, 5.74) is 0.939. The minimum Gasteiger partial charge on any atom is -0.393 e. The van der Waals surface area contributed by atoms with E-state index in [1.807, 2.05) is 0 Å². The van der Waals surface area contributed by atoms with Gasteiger partial charge in [0.25, 0.3) is 0 Å². The molecule has 2 heterocycles. The molecular formula is C12H15BrN4O2. The van der Waals surface area contributed by atoms with Crippen LogP contribution in [-0.2, 0) is 6.54 Å². The van der Waals surface area contributed by atoms with E-state index in [0.717, 1.165) is 25.7 Å². The maximum absolute atomic E-state index is 12.0. The van der Waals surface area contributed by atoms with Crippen LogP contribution in [0.2, 0.25) is 0 Å². The molecule has 0 unspecified atom stereocenters. The number of fused-ring (bicyclic) bond motifs is 1. The molecule has 0 spiro atoms. The SMILES string of the molecule is O=c1[nH]c2ncc(Br)nc2n1CC1CCC(O)CC1. The topological polar surface area (TPSA) is 83.8 Å². The molecule has 3 rings (SSSR count). The fourth-order valence-corrected chi connectivity index (χ4v) is 2.93. The molecule has 1 aliphatic carbocycles. The fourth-order valence-electron chi connectivity index (χ4n) is 2.65. The number of H-pyrrole nitrogens is 1. The molecule has 6 nitrogen and oxygen atoms in total. The van der Waals surface area contributed by atoms with E-state index in [1.165, 1.54) is 0 Å². The Hall–Kier alpha value is -1.21.